The van der Waals surface area contributed by atoms with Crippen LogP contribution in [0.4, 0.5) is 10.2 Å². The summed E-state index contributed by atoms with van der Waals surface area (Å²) in [7, 11) is 0. The lowest BCUT2D eigenvalue weighted by Crippen LogP contribution is -2.25. The minimum Gasteiger partial charge on any atom is -0.489 e. The molecule has 0 spiro atoms. The monoisotopic (exact) mass is 286 g/mol. The molecule has 1 N–H and O–H groups in total. The molecule has 1 aromatic heterocycles. The molecule has 2 aromatic rings. The van der Waals surface area contributed by atoms with Crippen molar-refractivity contribution >= 4 is 5.82 Å². The third-order valence-electron chi connectivity index (χ3n) is 2.83. The Hall–Kier alpha value is -2.68. The van der Waals surface area contributed by atoms with Crippen molar-refractivity contribution in [2.75, 3.05) is 11.9 Å². The summed E-state index contributed by atoms with van der Waals surface area (Å²) < 4.78 is 18.8. The van der Waals surface area contributed by atoms with Gasteiger partial charge < -0.3 is 10.1 Å². The summed E-state index contributed by atoms with van der Waals surface area (Å²) in [5.41, 5.74) is 0.267. The molecule has 0 saturated heterocycles. The lowest BCUT2D eigenvalue weighted by Gasteiger charge is -2.18. The zero-order valence-electron chi connectivity index (χ0n) is 11.6. The highest BCUT2D eigenvalue weighted by Crippen LogP contribution is 2.15. The van der Waals surface area contributed by atoms with Gasteiger partial charge in [0.1, 0.15) is 29.6 Å². The van der Waals surface area contributed by atoms with Crippen molar-refractivity contribution in [3.05, 3.63) is 48.2 Å². The Kier molecular flexibility index (Phi) is 5.04. The Morgan fingerprint density at radius 1 is 1.38 bits per heavy atom. The Morgan fingerprint density at radius 3 is 2.86 bits per heavy atom. The third-order valence-corrected chi connectivity index (χ3v) is 2.83. The minimum absolute atomic E-state index is 0.121. The molecule has 0 aliphatic rings. The van der Waals surface area contributed by atoms with E-state index >= 15 is 0 Å². The summed E-state index contributed by atoms with van der Waals surface area (Å²) in [5, 5.41) is 11.7. The molecular formula is C15H15FN4O. The van der Waals surface area contributed by atoms with Gasteiger partial charge in [-0.3, -0.25) is 0 Å². The van der Waals surface area contributed by atoms with Crippen molar-refractivity contribution < 1.29 is 9.13 Å². The number of nitriles is 1. The number of halogens is 1. The molecule has 1 aromatic carbocycles. The van der Waals surface area contributed by atoms with Gasteiger partial charge in [-0.2, -0.15) is 5.26 Å². The van der Waals surface area contributed by atoms with Gasteiger partial charge in [-0.15, -0.1) is 0 Å². The Balaban J connectivity index is 1.91. The molecule has 0 aliphatic carbocycles. The summed E-state index contributed by atoms with van der Waals surface area (Å²) in [4.78, 5) is 7.99. The molecule has 21 heavy (non-hydrogen) atoms. The van der Waals surface area contributed by atoms with Crippen LogP contribution in [0.25, 0.3) is 0 Å². The molecule has 1 unspecified atom stereocenters. The van der Waals surface area contributed by atoms with Crippen LogP contribution in [0, 0.1) is 17.1 Å². The van der Waals surface area contributed by atoms with E-state index in [1.165, 1.54) is 24.5 Å². The van der Waals surface area contributed by atoms with Gasteiger partial charge >= 0.3 is 0 Å². The molecule has 0 aliphatic heterocycles. The van der Waals surface area contributed by atoms with Gasteiger partial charge in [-0.05, 0) is 18.6 Å². The molecule has 0 amide bonds. The van der Waals surface area contributed by atoms with Crippen molar-refractivity contribution in [2.45, 2.75) is 19.4 Å². The van der Waals surface area contributed by atoms with E-state index in [2.05, 4.69) is 15.3 Å². The second-order valence-electron chi connectivity index (χ2n) is 4.39. The quantitative estimate of drug-likeness (QED) is 0.884. The van der Waals surface area contributed by atoms with Crippen LogP contribution in [0.2, 0.25) is 0 Å². The van der Waals surface area contributed by atoms with E-state index in [9.17, 15) is 4.39 Å². The SMILES string of the molecule is CCC(CNc1cnc(C#N)cn1)Oc1cccc(F)c1. The van der Waals surface area contributed by atoms with Crippen molar-refractivity contribution in [1.82, 2.24) is 9.97 Å². The van der Waals surface area contributed by atoms with Crippen molar-refractivity contribution in [2.24, 2.45) is 0 Å². The molecule has 6 heteroatoms. The van der Waals surface area contributed by atoms with Crippen LogP contribution in [-0.4, -0.2) is 22.6 Å². The maximum atomic E-state index is 13.1. The first-order valence-electron chi connectivity index (χ1n) is 6.59. The largest absolute Gasteiger partial charge is 0.489 e. The fourth-order valence-electron chi connectivity index (χ4n) is 1.70. The molecule has 0 fully saturated rings. The van der Waals surface area contributed by atoms with Crippen LogP contribution in [-0.2, 0) is 0 Å². The van der Waals surface area contributed by atoms with Crippen molar-refractivity contribution in [3.63, 3.8) is 0 Å². The van der Waals surface area contributed by atoms with Crippen molar-refractivity contribution in [3.8, 4) is 11.8 Å². The zero-order valence-corrected chi connectivity index (χ0v) is 11.6. The van der Waals surface area contributed by atoms with Crippen molar-refractivity contribution in [1.29, 1.82) is 5.26 Å². The summed E-state index contributed by atoms with van der Waals surface area (Å²) in [6, 6.07) is 7.95. The van der Waals surface area contributed by atoms with Crippen LogP contribution in [0.5, 0.6) is 5.75 Å². The van der Waals surface area contributed by atoms with E-state index in [1.807, 2.05) is 13.0 Å². The molecule has 0 bridgehead atoms. The smallest absolute Gasteiger partial charge is 0.158 e. The van der Waals surface area contributed by atoms with E-state index in [4.69, 9.17) is 10.00 Å². The van der Waals surface area contributed by atoms with Gasteiger partial charge in [0, 0.05) is 6.07 Å². The van der Waals surface area contributed by atoms with E-state index in [0.29, 0.717) is 18.1 Å². The Morgan fingerprint density at radius 2 is 2.24 bits per heavy atom. The van der Waals surface area contributed by atoms with Gasteiger partial charge in [0.25, 0.3) is 0 Å². The average Bonchev–Trinajstić information content (AvgIpc) is 2.52. The first-order chi connectivity index (χ1) is 10.2. The number of hydrogen-bond acceptors (Lipinski definition) is 5. The van der Waals surface area contributed by atoms with Crippen LogP contribution in [0.1, 0.15) is 19.0 Å². The van der Waals surface area contributed by atoms with Gasteiger partial charge in [-0.25, -0.2) is 14.4 Å². The van der Waals surface area contributed by atoms with E-state index < -0.39 is 0 Å². The second kappa shape index (κ2) is 7.20. The molecule has 1 atom stereocenters. The maximum absolute atomic E-state index is 13.1. The first-order valence-corrected chi connectivity index (χ1v) is 6.59. The number of benzene rings is 1. The Labute approximate surface area is 122 Å². The molecule has 1 heterocycles. The highest BCUT2D eigenvalue weighted by molar-refractivity contribution is 5.33. The maximum Gasteiger partial charge on any atom is 0.158 e. The fraction of sp³-hybridized carbons (Fsp3) is 0.267. The van der Waals surface area contributed by atoms with Crippen LogP contribution >= 0.6 is 0 Å². The van der Waals surface area contributed by atoms with Gasteiger partial charge in [0.05, 0.1) is 18.9 Å². The lowest BCUT2D eigenvalue weighted by molar-refractivity contribution is 0.209. The van der Waals surface area contributed by atoms with Gasteiger partial charge in [0.15, 0.2) is 5.69 Å². The third kappa shape index (κ3) is 4.42. The summed E-state index contributed by atoms with van der Waals surface area (Å²) in [6.45, 7) is 2.49. The second-order valence-corrected chi connectivity index (χ2v) is 4.39. The van der Waals surface area contributed by atoms with E-state index in [1.54, 1.807) is 12.1 Å². The number of ether oxygens (including phenoxy) is 1. The number of aromatic nitrogens is 2. The first kappa shape index (κ1) is 14.7. The van der Waals surface area contributed by atoms with Gasteiger partial charge in [0.2, 0.25) is 0 Å². The molecule has 0 saturated carbocycles. The molecule has 108 valence electrons. The predicted octanol–water partition coefficient (Wildman–Crippen LogP) is 2.76. The number of hydrogen-bond donors (Lipinski definition) is 1. The fourth-order valence-corrected chi connectivity index (χ4v) is 1.70. The topological polar surface area (TPSA) is 70.8 Å². The number of anilines is 1. The lowest BCUT2D eigenvalue weighted by atomic mass is 10.2. The normalized spacial score (nSPS) is 11.5. The standard InChI is InChI=1S/C15H15FN4O/c1-2-13(21-14-5-3-4-11(16)6-14)9-20-15-10-18-12(7-17)8-19-15/h3-6,8,10,13H,2,9H2,1H3,(H,19,20). The zero-order chi connectivity index (χ0) is 15.1. The van der Waals surface area contributed by atoms with Crippen LogP contribution in [0.15, 0.2) is 36.7 Å². The highest BCUT2D eigenvalue weighted by atomic mass is 19.1. The van der Waals surface area contributed by atoms with E-state index in [-0.39, 0.29) is 17.6 Å². The summed E-state index contributed by atoms with van der Waals surface area (Å²) in [6.07, 6.45) is 3.53. The number of rotatable bonds is 6. The minimum atomic E-state index is -0.326. The predicted molar refractivity (Wildman–Crippen MR) is 76.3 cm³/mol. The van der Waals surface area contributed by atoms with Crippen LogP contribution < -0.4 is 10.1 Å². The number of nitrogens with one attached hydrogen (secondary N) is 1. The van der Waals surface area contributed by atoms with E-state index in [0.717, 1.165) is 6.42 Å². The average molecular weight is 286 g/mol. The summed E-state index contributed by atoms with van der Waals surface area (Å²) in [5.74, 6) is 0.734. The van der Waals surface area contributed by atoms with Gasteiger partial charge in [-0.1, -0.05) is 13.0 Å². The molecular weight excluding hydrogens is 271 g/mol. The number of nitrogens with zero attached hydrogens (tertiary/aromatic N) is 3. The Bertz CT molecular complexity index is 624. The highest BCUT2D eigenvalue weighted by Gasteiger charge is 2.09. The van der Waals surface area contributed by atoms with Crippen LogP contribution in [0.3, 0.4) is 0 Å². The molecule has 5 nitrogen and oxygen atoms in total. The molecule has 0 radical (unpaired) electrons. The summed E-state index contributed by atoms with van der Waals surface area (Å²) >= 11 is 0. The molecule has 2 rings (SSSR count).